The molecule has 3 nitrogen and oxygen atoms in total. The van der Waals surface area contributed by atoms with Crippen molar-refractivity contribution in [1.82, 2.24) is 0 Å². The van der Waals surface area contributed by atoms with Crippen molar-refractivity contribution < 1.29 is 18.7 Å². The summed E-state index contributed by atoms with van der Waals surface area (Å²) >= 11 is 0. The molecular formula is C21H23FO3. The average molecular weight is 342 g/mol. The molecule has 1 aliphatic carbocycles. The zero-order valence-corrected chi connectivity index (χ0v) is 14.9. The number of hydrogen-bond acceptors (Lipinski definition) is 3. The van der Waals surface area contributed by atoms with Gasteiger partial charge < -0.3 is 9.47 Å². The van der Waals surface area contributed by atoms with Gasteiger partial charge in [-0.15, -0.1) is 0 Å². The first-order chi connectivity index (χ1) is 12.0. The van der Waals surface area contributed by atoms with E-state index in [0.717, 1.165) is 29.5 Å². The lowest BCUT2D eigenvalue weighted by Crippen LogP contribution is -2.12. The Kier molecular flexibility index (Phi) is 5.07. The van der Waals surface area contributed by atoms with Gasteiger partial charge in [0.2, 0.25) is 0 Å². The Hall–Kier alpha value is -2.36. The maximum atomic E-state index is 13.9. The van der Waals surface area contributed by atoms with Crippen LogP contribution in [0.5, 0.6) is 5.75 Å². The van der Waals surface area contributed by atoms with Crippen LogP contribution in [0, 0.1) is 19.7 Å². The third-order valence-corrected chi connectivity index (χ3v) is 4.55. The van der Waals surface area contributed by atoms with Gasteiger partial charge >= 0.3 is 5.97 Å². The Morgan fingerprint density at radius 3 is 2.64 bits per heavy atom. The molecule has 0 bridgehead atoms. The number of ether oxygens (including phenoxy) is 2. The molecule has 4 heteroatoms. The molecule has 0 atom stereocenters. The first kappa shape index (κ1) is 17.5. The fourth-order valence-corrected chi connectivity index (χ4v) is 3.06. The summed E-state index contributed by atoms with van der Waals surface area (Å²) in [4.78, 5) is 12.3. The summed E-state index contributed by atoms with van der Waals surface area (Å²) in [6.07, 6.45) is 2.24. The van der Waals surface area contributed by atoms with E-state index < -0.39 is 0 Å². The van der Waals surface area contributed by atoms with Crippen LogP contribution in [-0.4, -0.2) is 12.6 Å². The number of halogens is 1. The largest absolute Gasteiger partial charge is 0.488 e. The number of aryl methyl sites for hydroxylation is 2. The lowest BCUT2D eigenvalue weighted by Gasteiger charge is -2.16. The van der Waals surface area contributed by atoms with Crippen molar-refractivity contribution in [3.63, 3.8) is 0 Å². The van der Waals surface area contributed by atoms with Crippen LogP contribution in [0.4, 0.5) is 4.39 Å². The van der Waals surface area contributed by atoms with Crippen molar-refractivity contribution >= 4 is 5.97 Å². The highest BCUT2D eigenvalue weighted by molar-refractivity contribution is 5.91. The second-order valence-electron chi connectivity index (χ2n) is 6.52. The van der Waals surface area contributed by atoms with Crippen molar-refractivity contribution in [2.75, 3.05) is 6.61 Å². The van der Waals surface area contributed by atoms with E-state index in [0.29, 0.717) is 29.4 Å². The first-order valence-corrected chi connectivity index (χ1v) is 8.69. The van der Waals surface area contributed by atoms with Crippen LogP contribution in [0.1, 0.15) is 58.3 Å². The van der Waals surface area contributed by atoms with Crippen LogP contribution in [0.15, 0.2) is 30.3 Å². The highest BCUT2D eigenvalue weighted by atomic mass is 19.1. The minimum Gasteiger partial charge on any atom is -0.488 e. The summed E-state index contributed by atoms with van der Waals surface area (Å²) in [5.74, 6) is 0.351. The van der Waals surface area contributed by atoms with Gasteiger partial charge in [0.25, 0.3) is 0 Å². The fourth-order valence-electron chi connectivity index (χ4n) is 3.06. The van der Waals surface area contributed by atoms with Crippen molar-refractivity contribution in [2.45, 2.75) is 46.1 Å². The molecule has 2 aromatic rings. The SMILES string of the molecule is CCOC(=O)c1cccc(C2CC2)c1COc1cc(F)c(C)cc1C. The van der Waals surface area contributed by atoms with Crippen molar-refractivity contribution in [3.05, 3.63) is 64.0 Å². The van der Waals surface area contributed by atoms with Crippen LogP contribution in [-0.2, 0) is 11.3 Å². The van der Waals surface area contributed by atoms with Gasteiger partial charge in [-0.2, -0.15) is 0 Å². The van der Waals surface area contributed by atoms with E-state index in [9.17, 15) is 9.18 Å². The lowest BCUT2D eigenvalue weighted by atomic mass is 9.98. The zero-order valence-electron chi connectivity index (χ0n) is 14.9. The standard InChI is InChI=1S/C21H23FO3/c1-4-24-21(23)17-7-5-6-16(15-8-9-15)18(17)12-25-20-11-19(22)13(2)10-14(20)3/h5-7,10-11,15H,4,8-9,12H2,1-3H3. The molecule has 0 aliphatic heterocycles. The van der Waals surface area contributed by atoms with Crippen molar-refractivity contribution in [3.8, 4) is 5.75 Å². The summed E-state index contributed by atoms with van der Waals surface area (Å²) < 4.78 is 24.9. The molecule has 1 fully saturated rings. The van der Waals surface area contributed by atoms with E-state index in [1.165, 1.54) is 6.07 Å². The zero-order chi connectivity index (χ0) is 18.0. The molecule has 25 heavy (non-hydrogen) atoms. The maximum Gasteiger partial charge on any atom is 0.338 e. The Labute approximate surface area is 147 Å². The van der Waals surface area contributed by atoms with E-state index in [1.807, 2.05) is 19.1 Å². The summed E-state index contributed by atoms with van der Waals surface area (Å²) in [6.45, 7) is 5.96. The Morgan fingerprint density at radius 2 is 1.96 bits per heavy atom. The van der Waals surface area contributed by atoms with Crippen LogP contribution < -0.4 is 4.74 Å². The molecule has 0 radical (unpaired) electrons. The van der Waals surface area contributed by atoms with Crippen molar-refractivity contribution in [2.24, 2.45) is 0 Å². The normalized spacial score (nSPS) is 13.6. The number of rotatable bonds is 6. The molecule has 0 saturated heterocycles. The second kappa shape index (κ2) is 7.26. The third-order valence-electron chi connectivity index (χ3n) is 4.55. The number of carbonyl (C=O) groups is 1. The molecule has 0 aromatic heterocycles. The molecular weight excluding hydrogens is 319 g/mol. The molecule has 0 unspecified atom stereocenters. The molecule has 0 heterocycles. The predicted octanol–water partition coefficient (Wildman–Crippen LogP) is 5.08. The van der Waals surface area contributed by atoms with Gasteiger partial charge in [0.1, 0.15) is 18.2 Å². The van der Waals surface area contributed by atoms with Gasteiger partial charge in [-0.05, 0) is 68.4 Å². The predicted molar refractivity (Wildman–Crippen MR) is 94.6 cm³/mol. The van der Waals surface area contributed by atoms with Crippen LogP contribution in [0.25, 0.3) is 0 Å². The molecule has 0 amide bonds. The van der Waals surface area contributed by atoms with Crippen LogP contribution in [0.2, 0.25) is 0 Å². The molecule has 1 aliphatic rings. The minimum absolute atomic E-state index is 0.226. The minimum atomic E-state index is -0.338. The van der Waals surface area contributed by atoms with E-state index in [1.54, 1.807) is 26.0 Å². The maximum absolute atomic E-state index is 13.9. The van der Waals surface area contributed by atoms with Crippen molar-refractivity contribution in [1.29, 1.82) is 0 Å². The summed E-state index contributed by atoms with van der Waals surface area (Å²) in [6, 6.07) is 8.88. The molecule has 132 valence electrons. The lowest BCUT2D eigenvalue weighted by molar-refractivity contribution is 0.0523. The van der Waals surface area contributed by atoms with Gasteiger partial charge in [-0.1, -0.05) is 12.1 Å². The highest BCUT2D eigenvalue weighted by Gasteiger charge is 2.28. The van der Waals surface area contributed by atoms with Gasteiger partial charge in [0.15, 0.2) is 0 Å². The molecule has 0 N–H and O–H groups in total. The molecule has 2 aromatic carbocycles. The summed E-state index contributed by atoms with van der Waals surface area (Å²) in [5.41, 5.74) is 3.99. The molecule has 3 rings (SSSR count). The molecule has 1 saturated carbocycles. The van der Waals surface area contributed by atoms with Crippen LogP contribution >= 0.6 is 0 Å². The fraction of sp³-hybridized carbons (Fsp3) is 0.381. The quantitative estimate of drug-likeness (QED) is 0.687. The monoisotopic (exact) mass is 342 g/mol. The highest BCUT2D eigenvalue weighted by Crippen LogP contribution is 2.42. The van der Waals surface area contributed by atoms with E-state index in [2.05, 4.69) is 0 Å². The van der Waals surface area contributed by atoms with E-state index >= 15 is 0 Å². The number of carbonyl (C=O) groups excluding carboxylic acids is 1. The number of esters is 1. The van der Waals surface area contributed by atoms with Crippen LogP contribution in [0.3, 0.4) is 0 Å². The summed E-state index contributed by atoms with van der Waals surface area (Å²) in [5, 5.41) is 0. The van der Waals surface area contributed by atoms with Gasteiger partial charge in [0, 0.05) is 11.6 Å². The Morgan fingerprint density at radius 1 is 1.20 bits per heavy atom. The first-order valence-electron chi connectivity index (χ1n) is 8.69. The van der Waals surface area contributed by atoms with Gasteiger partial charge in [-0.25, -0.2) is 9.18 Å². The third kappa shape index (κ3) is 3.84. The summed E-state index contributed by atoms with van der Waals surface area (Å²) in [7, 11) is 0. The average Bonchev–Trinajstić information content (AvgIpc) is 3.42. The number of benzene rings is 2. The number of hydrogen-bond donors (Lipinski definition) is 0. The molecule has 0 spiro atoms. The van der Waals surface area contributed by atoms with Gasteiger partial charge in [0.05, 0.1) is 12.2 Å². The van der Waals surface area contributed by atoms with Gasteiger partial charge in [-0.3, -0.25) is 0 Å². The second-order valence-corrected chi connectivity index (χ2v) is 6.52. The van der Waals surface area contributed by atoms with E-state index in [4.69, 9.17) is 9.47 Å². The van der Waals surface area contributed by atoms with E-state index in [-0.39, 0.29) is 18.4 Å². The Bertz CT molecular complexity index is 794. The Balaban J connectivity index is 1.90. The smallest absolute Gasteiger partial charge is 0.338 e. The topological polar surface area (TPSA) is 35.5 Å².